The molecular formula is C16H8Cl3NO3. The number of fused-ring (bicyclic) bond motifs is 2. The summed E-state index contributed by atoms with van der Waals surface area (Å²) in [4.78, 5) is 25.0. The minimum absolute atomic E-state index is 0.291. The molecular weight excluding hydrogens is 361 g/mol. The lowest BCUT2D eigenvalue weighted by molar-refractivity contribution is -0.120. The Balaban J connectivity index is 1.74. The smallest absolute Gasteiger partial charge is 0.264 e. The Labute approximate surface area is 146 Å². The molecule has 1 fully saturated rings. The second-order valence-corrected chi connectivity index (χ2v) is 6.65. The zero-order valence-corrected chi connectivity index (χ0v) is 13.7. The monoisotopic (exact) mass is 367 g/mol. The van der Waals surface area contributed by atoms with E-state index in [1.54, 1.807) is 30.3 Å². The molecule has 2 aliphatic heterocycles. The molecule has 7 heteroatoms. The van der Waals surface area contributed by atoms with E-state index in [9.17, 15) is 9.59 Å². The zero-order valence-electron chi connectivity index (χ0n) is 11.4. The Bertz CT molecular complexity index is 866. The minimum Gasteiger partial charge on any atom is -0.342 e. The number of carbonyl (C=O) groups excluding carboxylic acids is 2. The number of anilines is 1. The number of nitrogens with one attached hydrogen (secondary N) is 1. The van der Waals surface area contributed by atoms with Crippen molar-refractivity contribution in [2.24, 2.45) is 0 Å². The molecule has 4 rings (SSSR count). The molecule has 0 unspecified atom stereocenters. The fraction of sp³-hybridized carbons (Fsp3) is 0.125. The van der Waals surface area contributed by atoms with Gasteiger partial charge in [0.25, 0.3) is 5.91 Å². The summed E-state index contributed by atoms with van der Waals surface area (Å²) in [5.74, 6) is -0.704. The zero-order chi connectivity index (χ0) is 16.4. The van der Waals surface area contributed by atoms with Crippen molar-refractivity contribution in [3.05, 3.63) is 62.6 Å². The molecule has 2 heterocycles. The quantitative estimate of drug-likeness (QED) is 0.642. The predicted octanol–water partition coefficient (Wildman–Crippen LogP) is 4.08. The third-order valence-corrected chi connectivity index (χ3v) is 4.78. The van der Waals surface area contributed by atoms with Crippen LogP contribution in [0.2, 0.25) is 15.1 Å². The van der Waals surface area contributed by atoms with E-state index < -0.39 is 17.6 Å². The van der Waals surface area contributed by atoms with Crippen LogP contribution in [-0.4, -0.2) is 17.8 Å². The second kappa shape index (κ2) is 4.95. The predicted molar refractivity (Wildman–Crippen MR) is 87.4 cm³/mol. The number of rotatable bonds is 2. The third-order valence-electron chi connectivity index (χ3n) is 4.01. The number of Topliss-reactive ketones (excluding diaryl/α,β-unsaturated/α-hetero) is 1. The average Bonchev–Trinajstić information content (AvgIpc) is 3.20. The first-order chi connectivity index (χ1) is 10.9. The van der Waals surface area contributed by atoms with E-state index in [1.165, 1.54) is 6.07 Å². The van der Waals surface area contributed by atoms with Gasteiger partial charge < -0.3 is 10.1 Å². The van der Waals surface area contributed by atoms with Gasteiger partial charge in [-0.2, -0.15) is 0 Å². The fourth-order valence-electron chi connectivity index (χ4n) is 2.86. The van der Waals surface area contributed by atoms with Gasteiger partial charge in [-0.05, 0) is 36.4 Å². The molecule has 0 radical (unpaired) electrons. The van der Waals surface area contributed by atoms with E-state index in [1.807, 2.05) is 0 Å². The number of benzene rings is 2. The summed E-state index contributed by atoms with van der Waals surface area (Å²) in [5.41, 5.74) is 0.00562. The number of ketones is 1. The number of hydrogen-bond acceptors (Lipinski definition) is 3. The van der Waals surface area contributed by atoms with Gasteiger partial charge in [-0.15, -0.1) is 0 Å². The van der Waals surface area contributed by atoms with Crippen LogP contribution in [0.15, 0.2) is 36.4 Å². The first-order valence-corrected chi connectivity index (χ1v) is 7.85. The average molecular weight is 369 g/mol. The summed E-state index contributed by atoms with van der Waals surface area (Å²) >= 11 is 17.9. The number of ether oxygens (including phenoxy) is 1. The SMILES string of the molecule is O=C(c1ccc(Cl)cc1)[C@H]1O[C@]12C(=O)Nc1c(Cl)cc(Cl)cc12. The largest absolute Gasteiger partial charge is 0.342 e. The molecule has 2 aromatic rings. The van der Waals surface area contributed by atoms with E-state index >= 15 is 0 Å². The van der Waals surface area contributed by atoms with Crippen molar-refractivity contribution in [2.75, 3.05) is 5.32 Å². The van der Waals surface area contributed by atoms with Crippen LogP contribution >= 0.6 is 34.8 Å². The maximum atomic E-state index is 12.6. The van der Waals surface area contributed by atoms with Crippen molar-refractivity contribution < 1.29 is 14.3 Å². The Morgan fingerprint density at radius 3 is 2.48 bits per heavy atom. The molecule has 1 spiro atoms. The van der Waals surface area contributed by atoms with Crippen LogP contribution in [0.1, 0.15) is 15.9 Å². The van der Waals surface area contributed by atoms with Crippen LogP contribution in [0.4, 0.5) is 5.69 Å². The van der Waals surface area contributed by atoms with Gasteiger partial charge in [0.05, 0.1) is 10.7 Å². The standard InChI is InChI=1S/C16H8Cl3NO3/c17-8-3-1-7(2-4-8)13(21)14-16(23-14)10-5-9(18)6-11(19)12(10)20-15(16)22/h1-6,14H,(H,20,22)/t14-,16+/m1/s1. The van der Waals surface area contributed by atoms with E-state index in [0.29, 0.717) is 31.9 Å². The number of epoxide rings is 1. The highest BCUT2D eigenvalue weighted by Gasteiger charge is 2.70. The van der Waals surface area contributed by atoms with Crippen molar-refractivity contribution in [1.82, 2.24) is 0 Å². The number of hydrogen-bond donors (Lipinski definition) is 1. The minimum atomic E-state index is -1.35. The van der Waals surface area contributed by atoms with Gasteiger partial charge in [-0.3, -0.25) is 9.59 Å². The normalized spacial score (nSPS) is 24.5. The molecule has 1 saturated heterocycles. The summed E-state index contributed by atoms with van der Waals surface area (Å²) in [6.45, 7) is 0. The maximum Gasteiger partial charge on any atom is 0.264 e. The van der Waals surface area contributed by atoms with Crippen LogP contribution in [-0.2, 0) is 15.1 Å². The lowest BCUT2D eigenvalue weighted by atomic mass is 9.92. The van der Waals surface area contributed by atoms with Gasteiger partial charge >= 0.3 is 0 Å². The van der Waals surface area contributed by atoms with Crippen molar-refractivity contribution in [3.8, 4) is 0 Å². The highest BCUT2D eigenvalue weighted by Crippen LogP contribution is 2.56. The molecule has 1 N–H and O–H groups in total. The fourth-order valence-corrected chi connectivity index (χ4v) is 3.52. The number of carbonyl (C=O) groups is 2. The Kier molecular flexibility index (Phi) is 3.22. The van der Waals surface area contributed by atoms with Gasteiger partial charge in [0.15, 0.2) is 11.9 Å². The van der Waals surface area contributed by atoms with E-state index in [0.717, 1.165) is 0 Å². The van der Waals surface area contributed by atoms with Crippen molar-refractivity contribution >= 4 is 52.2 Å². The van der Waals surface area contributed by atoms with Crippen LogP contribution in [0.25, 0.3) is 0 Å². The van der Waals surface area contributed by atoms with Gasteiger partial charge in [0, 0.05) is 21.2 Å². The lowest BCUT2D eigenvalue weighted by Crippen LogP contribution is -2.27. The first-order valence-electron chi connectivity index (χ1n) is 6.72. The van der Waals surface area contributed by atoms with Gasteiger partial charge in [0.1, 0.15) is 0 Å². The van der Waals surface area contributed by atoms with Crippen molar-refractivity contribution in [2.45, 2.75) is 11.7 Å². The van der Waals surface area contributed by atoms with Crippen molar-refractivity contribution in [1.29, 1.82) is 0 Å². The maximum absolute atomic E-state index is 12.6. The highest BCUT2D eigenvalue weighted by molar-refractivity contribution is 6.38. The summed E-state index contributed by atoms with van der Waals surface area (Å²) < 4.78 is 5.55. The molecule has 2 atom stereocenters. The molecule has 0 bridgehead atoms. The second-order valence-electron chi connectivity index (χ2n) is 5.37. The molecule has 116 valence electrons. The van der Waals surface area contributed by atoms with Crippen molar-refractivity contribution in [3.63, 3.8) is 0 Å². The van der Waals surface area contributed by atoms with E-state index in [4.69, 9.17) is 39.5 Å². The highest BCUT2D eigenvalue weighted by atomic mass is 35.5. The van der Waals surface area contributed by atoms with Crippen LogP contribution in [0.5, 0.6) is 0 Å². The topological polar surface area (TPSA) is 58.7 Å². The third kappa shape index (κ3) is 2.10. The molecule has 0 aliphatic carbocycles. The number of halogens is 3. The van der Waals surface area contributed by atoms with Crippen LogP contribution < -0.4 is 5.32 Å². The van der Waals surface area contributed by atoms with E-state index in [2.05, 4.69) is 5.32 Å². The summed E-state index contributed by atoms with van der Waals surface area (Å²) in [6, 6.07) is 9.54. The Morgan fingerprint density at radius 2 is 1.78 bits per heavy atom. The molecule has 1 amide bonds. The van der Waals surface area contributed by atoms with Gasteiger partial charge in [-0.1, -0.05) is 34.8 Å². The molecule has 4 nitrogen and oxygen atoms in total. The summed E-state index contributed by atoms with van der Waals surface area (Å²) in [5, 5.41) is 3.87. The molecule has 2 aliphatic rings. The molecule has 2 aromatic carbocycles. The first kappa shape index (κ1) is 15.0. The molecule has 0 saturated carbocycles. The van der Waals surface area contributed by atoms with Gasteiger partial charge in [-0.25, -0.2) is 0 Å². The summed E-state index contributed by atoms with van der Waals surface area (Å²) in [6.07, 6.45) is -0.903. The van der Waals surface area contributed by atoms with E-state index in [-0.39, 0.29) is 5.78 Å². The Hall–Kier alpha value is -1.59. The lowest BCUT2D eigenvalue weighted by Gasteiger charge is -2.05. The van der Waals surface area contributed by atoms with Crippen LogP contribution in [0, 0.1) is 0 Å². The summed E-state index contributed by atoms with van der Waals surface area (Å²) in [7, 11) is 0. The number of amides is 1. The van der Waals surface area contributed by atoms with Crippen LogP contribution in [0.3, 0.4) is 0 Å². The Morgan fingerprint density at radius 1 is 1.09 bits per heavy atom. The van der Waals surface area contributed by atoms with Gasteiger partial charge in [0.2, 0.25) is 5.60 Å². The molecule has 0 aromatic heterocycles. The molecule has 23 heavy (non-hydrogen) atoms.